The number of nitrogens with two attached hydrogens (primary N) is 2. The van der Waals surface area contributed by atoms with Crippen LogP contribution in [0.3, 0.4) is 0 Å². The summed E-state index contributed by atoms with van der Waals surface area (Å²) >= 11 is 6.16. The highest BCUT2D eigenvalue weighted by atomic mass is 35.5. The van der Waals surface area contributed by atoms with Crippen LogP contribution in [0, 0.1) is 5.82 Å². The van der Waals surface area contributed by atoms with Crippen molar-refractivity contribution in [1.29, 1.82) is 0 Å². The molecule has 0 aliphatic carbocycles. The van der Waals surface area contributed by atoms with Gasteiger partial charge in [-0.15, -0.1) is 0 Å². The maximum Gasteiger partial charge on any atom is 0.166 e. The van der Waals surface area contributed by atoms with E-state index in [0.29, 0.717) is 40.7 Å². The van der Waals surface area contributed by atoms with Crippen LogP contribution >= 0.6 is 11.6 Å². The van der Waals surface area contributed by atoms with E-state index in [9.17, 15) is 4.39 Å². The second kappa shape index (κ2) is 9.03. The van der Waals surface area contributed by atoms with Crippen molar-refractivity contribution in [2.45, 2.75) is 25.5 Å². The molecule has 3 rings (SSSR count). The standard InChI is InChI=1S/C20H22ClFN4O2/c1-12(17-7-15(22)2-3-18(17)21)28-19-6-13(9-26-20(19)24)14(8-23)10-25-16-4-5-27-11-16/h2-3,6-10,12,16H,4-5,11,23H2,1H3,(H2,24,26). The Bertz CT molecular complexity index is 898. The molecule has 1 aromatic carbocycles. The number of allylic oxidation sites excluding steroid dienone is 1. The molecule has 8 heteroatoms. The van der Waals surface area contributed by atoms with Crippen LogP contribution in [-0.2, 0) is 4.74 Å². The van der Waals surface area contributed by atoms with Gasteiger partial charge in [-0.25, -0.2) is 9.37 Å². The Morgan fingerprint density at radius 3 is 3.00 bits per heavy atom. The summed E-state index contributed by atoms with van der Waals surface area (Å²) < 4.78 is 24.8. The predicted molar refractivity (Wildman–Crippen MR) is 109 cm³/mol. The molecule has 1 aliphatic heterocycles. The number of nitrogen functional groups attached to an aromatic ring is 1. The lowest BCUT2D eigenvalue weighted by atomic mass is 10.1. The zero-order valence-electron chi connectivity index (χ0n) is 15.4. The van der Waals surface area contributed by atoms with Gasteiger partial charge in [-0.3, -0.25) is 4.99 Å². The quantitative estimate of drug-likeness (QED) is 0.715. The normalized spacial score (nSPS) is 18.5. The van der Waals surface area contributed by atoms with Crippen molar-refractivity contribution >= 4 is 29.2 Å². The molecule has 2 aromatic rings. The van der Waals surface area contributed by atoms with Gasteiger partial charge in [0.15, 0.2) is 11.6 Å². The molecule has 6 nitrogen and oxygen atoms in total. The third-order valence-electron chi connectivity index (χ3n) is 4.42. The number of aliphatic imine (C=N–C) groups is 1. The molecule has 1 fully saturated rings. The van der Waals surface area contributed by atoms with Crippen molar-refractivity contribution in [2.75, 3.05) is 18.9 Å². The molecule has 0 amide bonds. The minimum absolute atomic E-state index is 0.127. The number of anilines is 1. The summed E-state index contributed by atoms with van der Waals surface area (Å²) in [6, 6.07) is 5.97. The van der Waals surface area contributed by atoms with E-state index in [1.54, 1.807) is 25.4 Å². The first-order valence-corrected chi connectivity index (χ1v) is 9.26. The first kappa shape index (κ1) is 20.1. The molecule has 28 heavy (non-hydrogen) atoms. The number of nitrogens with zero attached hydrogens (tertiary/aromatic N) is 2. The molecule has 1 aromatic heterocycles. The van der Waals surface area contributed by atoms with E-state index in [1.165, 1.54) is 24.4 Å². The summed E-state index contributed by atoms with van der Waals surface area (Å²) in [5, 5.41) is 0.407. The zero-order valence-corrected chi connectivity index (χ0v) is 16.2. The molecule has 0 radical (unpaired) electrons. The summed E-state index contributed by atoms with van der Waals surface area (Å²) in [6.07, 6.45) is 5.09. The maximum absolute atomic E-state index is 13.6. The number of rotatable bonds is 6. The van der Waals surface area contributed by atoms with E-state index < -0.39 is 11.9 Å². The molecular formula is C20H22ClFN4O2. The van der Waals surface area contributed by atoms with E-state index in [1.807, 2.05) is 0 Å². The fourth-order valence-electron chi connectivity index (χ4n) is 2.83. The van der Waals surface area contributed by atoms with Crippen molar-refractivity contribution in [3.8, 4) is 5.75 Å². The van der Waals surface area contributed by atoms with Crippen molar-refractivity contribution < 1.29 is 13.9 Å². The second-order valence-electron chi connectivity index (χ2n) is 6.45. The third kappa shape index (κ3) is 4.79. The van der Waals surface area contributed by atoms with Crippen LogP contribution in [0.25, 0.3) is 5.57 Å². The number of pyridine rings is 1. The molecule has 1 aliphatic rings. The van der Waals surface area contributed by atoms with Crippen LogP contribution in [0.2, 0.25) is 5.02 Å². The number of aromatic nitrogens is 1. The molecule has 2 atom stereocenters. The van der Waals surface area contributed by atoms with Gasteiger partial charge in [-0.2, -0.15) is 0 Å². The van der Waals surface area contributed by atoms with Crippen LogP contribution in [0.15, 0.2) is 41.7 Å². The van der Waals surface area contributed by atoms with Crippen molar-refractivity contribution in [1.82, 2.24) is 4.98 Å². The smallest absolute Gasteiger partial charge is 0.166 e. The average molecular weight is 405 g/mol. The van der Waals surface area contributed by atoms with E-state index >= 15 is 0 Å². The summed E-state index contributed by atoms with van der Waals surface area (Å²) in [5.74, 6) is 0.165. The Morgan fingerprint density at radius 1 is 1.46 bits per heavy atom. The van der Waals surface area contributed by atoms with Crippen LogP contribution in [0.4, 0.5) is 10.2 Å². The SMILES string of the molecule is CC(Oc1cc(C(C=NC2CCOC2)=CN)cnc1N)c1cc(F)ccc1Cl. The van der Waals surface area contributed by atoms with Gasteiger partial charge in [0.1, 0.15) is 11.9 Å². The molecule has 0 saturated carbocycles. The summed E-state index contributed by atoms with van der Waals surface area (Å²) in [5.41, 5.74) is 13.6. The molecular weight excluding hydrogens is 383 g/mol. The Morgan fingerprint density at radius 2 is 2.29 bits per heavy atom. The van der Waals surface area contributed by atoms with Crippen LogP contribution in [-0.4, -0.2) is 30.5 Å². The van der Waals surface area contributed by atoms with Gasteiger partial charge in [0.2, 0.25) is 0 Å². The highest BCUT2D eigenvalue weighted by Crippen LogP contribution is 2.31. The maximum atomic E-state index is 13.6. The van der Waals surface area contributed by atoms with Gasteiger partial charge < -0.3 is 20.9 Å². The first-order valence-electron chi connectivity index (χ1n) is 8.88. The third-order valence-corrected chi connectivity index (χ3v) is 4.77. The van der Waals surface area contributed by atoms with Crippen molar-refractivity contribution in [3.05, 3.63) is 58.6 Å². The second-order valence-corrected chi connectivity index (χ2v) is 6.86. The lowest BCUT2D eigenvalue weighted by Gasteiger charge is -2.18. The molecule has 148 valence electrons. The Kier molecular flexibility index (Phi) is 6.49. The van der Waals surface area contributed by atoms with Gasteiger partial charge in [-0.05, 0) is 37.6 Å². The van der Waals surface area contributed by atoms with Gasteiger partial charge in [0.25, 0.3) is 0 Å². The van der Waals surface area contributed by atoms with Gasteiger partial charge >= 0.3 is 0 Å². The fourth-order valence-corrected chi connectivity index (χ4v) is 3.10. The summed E-state index contributed by atoms with van der Waals surface area (Å²) in [6.45, 7) is 3.08. The number of hydrogen-bond acceptors (Lipinski definition) is 6. The lowest BCUT2D eigenvalue weighted by molar-refractivity contribution is 0.194. The minimum Gasteiger partial charge on any atom is -0.482 e. The number of benzene rings is 1. The number of ether oxygens (including phenoxy) is 2. The van der Waals surface area contributed by atoms with Crippen molar-refractivity contribution in [3.63, 3.8) is 0 Å². The lowest BCUT2D eigenvalue weighted by Crippen LogP contribution is -2.08. The first-order chi connectivity index (χ1) is 13.5. The van der Waals surface area contributed by atoms with E-state index in [2.05, 4.69) is 9.98 Å². The molecule has 1 saturated heterocycles. The zero-order chi connectivity index (χ0) is 20.1. The number of hydrogen-bond donors (Lipinski definition) is 2. The topological polar surface area (TPSA) is 95.8 Å². The van der Waals surface area contributed by atoms with Gasteiger partial charge in [0, 0.05) is 46.9 Å². The van der Waals surface area contributed by atoms with Gasteiger partial charge in [0.05, 0.1) is 12.6 Å². The number of halogens is 2. The fraction of sp³-hybridized carbons (Fsp3) is 0.300. The van der Waals surface area contributed by atoms with E-state index in [-0.39, 0.29) is 11.9 Å². The molecule has 2 heterocycles. The molecule has 0 bridgehead atoms. The monoisotopic (exact) mass is 404 g/mol. The molecule has 0 spiro atoms. The summed E-state index contributed by atoms with van der Waals surface area (Å²) in [4.78, 5) is 8.67. The highest BCUT2D eigenvalue weighted by Gasteiger charge is 2.16. The van der Waals surface area contributed by atoms with E-state index in [4.69, 9.17) is 32.5 Å². The van der Waals surface area contributed by atoms with Crippen LogP contribution in [0.5, 0.6) is 5.75 Å². The van der Waals surface area contributed by atoms with E-state index in [0.717, 1.165) is 6.42 Å². The predicted octanol–water partition coefficient (Wildman–Crippen LogP) is 3.76. The molecule has 4 N–H and O–H groups in total. The Hall–Kier alpha value is -2.64. The molecule has 2 unspecified atom stereocenters. The Balaban J connectivity index is 1.81. The van der Waals surface area contributed by atoms with Crippen LogP contribution < -0.4 is 16.2 Å². The van der Waals surface area contributed by atoms with Gasteiger partial charge in [-0.1, -0.05) is 11.6 Å². The van der Waals surface area contributed by atoms with Crippen molar-refractivity contribution in [2.24, 2.45) is 10.7 Å². The largest absolute Gasteiger partial charge is 0.482 e. The Labute approximate surface area is 168 Å². The highest BCUT2D eigenvalue weighted by molar-refractivity contribution is 6.31. The minimum atomic E-state index is -0.530. The average Bonchev–Trinajstić information content (AvgIpc) is 3.20. The summed E-state index contributed by atoms with van der Waals surface area (Å²) in [7, 11) is 0. The van der Waals surface area contributed by atoms with Crippen LogP contribution in [0.1, 0.15) is 30.6 Å².